The Morgan fingerprint density at radius 2 is 1.95 bits per heavy atom. The van der Waals surface area contributed by atoms with Crippen LogP contribution in [0.3, 0.4) is 0 Å². The summed E-state index contributed by atoms with van der Waals surface area (Å²) in [4.78, 5) is 0. The molecule has 2 nitrogen and oxygen atoms in total. The number of hydrogen-bond acceptors (Lipinski definition) is 2. The van der Waals surface area contributed by atoms with Gasteiger partial charge in [-0.2, -0.15) is 0 Å². The first-order valence-electron chi connectivity index (χ1n) is 10.9. The van der Waals surface area contributed by atoms with E-state index in [0.717, 1.165) is 16.7 Å². The van der Waals surface area contributed by atoms with Crippen LogP contribution in [0.25, 0.3) is 0 Å². The lowest BCUT2D eigenvalue weighted by atomic mass is 9.87. The quantitative estimate of drug-likeness (QED) is 0.812. The normalized spacial score (nSPS) is 18.7. The van der Waals surface area contributed by atoms with Crippen molar-refractivity contribution in [3.8, 4) is 5.75 Å². The SMILES string of the molecule is [2H]C([2H])([2H])C([2H])(NCCC(c1ccccc1)c1cc(C)ccc1OC)C([2H])([2H])[2H]. The summed E-state index contributed by atoms with van der Waals surface area (Å²) in [5, 5.41) is 2.50. The maximum absolute atomic E-state index is 8.13. The number of nitrogens with one attached hydrogen (secondary N) is 1. The standard InChI is InChI=1S/C20H27NO/c1-15(2)21-13-12-18(17-8-6-5-7-9-17)19-14-16(3)10-11-20(19)22-4/h5-11,14-15,18,21H,12-13H2,1-4H3/i1D3,2D3,15D. The van der Waals surface area contributed by atoms with Crippen LogP contribution >= 0.6 is 0 Å². The van der Waals surface area contributed by atoms with Gasteiger partial charge in [0.1, 0.15) is 5.75 Å². The Bertz CT molecular complexity index is 789. The molecule has 0 aromatic heterocycles. The van der Waals surface area contributed by atoms with Gasteiger partial charge in [0.25, 0.3) is 0 Å². The van der Waals surface area contributed by atoms with Crippen molar-refractivity contribution in [2.75, 3.05) is 13.7 Å². The van der Waals surface area contributed by atoms with Gasteiger partial charge in [-0.05, 0) is 31.5 Å². The minimum Gasteiger partial charge on any atom is -0.496 e. The van der Waals surface area contributed by atoms with E-state index in [0.29, 0.717) is 12.2 Å². The van der Waals surface area contributed by atoms with Gasteiger partial charge in [-0.1, -0.05) is 61.7 Å². The Hall–Kier alpha value is -1.80. The number of ether oxygens (including phenoxy) is 1. The van der Waals surface area contributed by atoms with Crippen LogP contribution in [0.1, 0.15) is 52.3 Å². The third-order valence-corrected chi connectivity index (χ3v) is 3.70. The zero-order valence-corrected chi connectivity index (χ0v) is 13.0. The lowest BCUT2D eigenvalue weighted by Crippen LogP contribution is -2.25. The number of hydrogen-bond donors (Lipinski definition) is 1. The van der Waals surface area contributed by atoms with Crippen LogP contribution in [-0.4, -0.2) is 19.7 Å². The van der Waals surface area contributed by atoms with Gasteiger partial charge in [-0.3, -0.25) is 0 Å². The fourth-order valence-corrected chi connectivity index (χ4v) is 2.65. The second kappa shape index (κ2) is 8.00. The molecule has 0 fully saturated rings. The van der Waals surface area contributed by atoms with Gasteiger partial charge < -0.3 is 10.1 Å². The number of rotatable bonds is 7. The van der Waals surface area contributed by atoms with E-state index in [-0.39, 0.29) is 12.5 Å². The van der Waals surface area contributed by atoms with Crippen molar-refractivity contribution < 1.29 is 14.3 Å². The van der Waals surface area contributed by atoms with E-state index < -0.39 is 19.7 Å². The molecule has 0 radical (unpaired) electrons. The van der Waals surface area contributed by atoms with Gasteiger partial charge in [0.05, 0.1) is 7.11 Å². The van der Waals surface area contributed by atoms with Crippen LogP contribution in [0.4, 0.5) is 0 Å². The Balaban J connectivity index is 2.35. The Kier molecular flexibility index (Phi) is 3.40. The lowest BCUT2D eigenvalue weighted by molar-refractivity contribution is 0.405. The van der Waals surface area contributed by atoms with Crippen molar-refractivity contribution in [3.05, 3.63) is 65.2 Å². The smallest absolute Gasteiger partial charge is 0.122 e. The minimum atomic E-state index is -3.00. The Morgan fingerprint density at radius 3 is 2.64 bits per heavy atom. The molecule has 2 heteroatoms. The Morgan fingerprint density at radius 1 is 1.18 bits per heavy atom. The number of aryl methyl sites for hydroxylation is 1. The van der Waals surface area contributed by atoms with Crippen molar-refractivity contribution in [2.45, 2.75) is 39.0 Å². The number of benzene rings is 2. The third-order valence-electron chi connectivity index (χ3n) is 3.70. The van der Waals surface area contributed by atoms with Crippen LogP contribution in [0.5, 0.6) is 5.75 Å². The van der Waals surface area contributed by atoms with Crippen LogP contribution in [0.2, 0.25) is 0 Å². The van der Waals surface area contributed by atoms with Gasteiger partial charge in [0.2, 0.25) is 0 Å². The van der Waals surface area contributed by atoms with E-state index in [2.05, 4.69) is 5.32 Å². The fraction of sp³-hybridized carbons (Fsp3) is 0.400. The van der Waals surface area contributed by atoms with Crippen molar-refractivity contribution in [3.63, 3.8) is 0 Å². The van der Waals surface area contributed by atoms with Crippen molar-refractivity contribution in [1.29, 1.82) is 0 Å². The molecule has 118 valence electrons. The summed E-state index contributed by atoms with van der Waals surface area (Å²) in [5.74, 6) is 0.546. The van der Waals surface area contributed by atoms with Crippen molar-refractivity contribution in [1.82, 2.24) is 5.32 Å². The number of methoxy groups -OCH3 is 1. The summed E-state index contributed by atoms with van der Waals surface area (Å²) in [6.45, 7) is -3.98. The molecule has 0 aliphatic heterocycles. The monoisotopic (exact) mass is 304 g/mol. The predicted molar refractivity (Wildman–Crippen MR) is 93.8 cm³/mol. The molecule has 0 aliphatic rings. The van der Waals surface area contributed by atoms with Gasteiger partial charge in [0.15, 0.2) is 0 Å². The predicted octanol–water partition coefficient (Wildman–Crippen LogP) is 4.52. The highest BCUT2D eigenvalue weighted by molar-refractivity contribution is 5.44. The molecule has 0 bridgehead atoms. The van der Waals surface area contributed by atoms with Crippen LogP contribution in [0.15, 0.2) is 48.5 Å². The molecule has 0 saturated carbocycles. The van der Waals surface area contributed by atoms with E-state index in [1.54, 1.807) is 7.11 Å². The molecule has 1 N–H and O–H groups in total. The van der Waals surface area contributed by atoms with E-state index in [4.69, 9.17) is 14.3 Å². The topological polar surface area (TPSA) is 21.3 Å². The lowest BCUT2D eigenvalue weighted by Gasteiger charge is -2.22. The summed E-state index contributed by atoms with van der Waals surface area (Å²) >= 11 is 0. The van der Waals surface area contributed by atoms with Crippen molar-refractivity contribution in [2.24, 2.45) is 0 Å². The summed E-state index contributed by atoms with van der Waals surface area (Å²) < 4.78 is 59.0. The first kappa shape index (κ1) is 9.36. The molecule has 1 unspecified atom stereocenters. The summed E-state index contributed by atoms with van der Waals surface area (Å²) in [7, 11) is 1.59. The second-order valence-electron chi connectivity index (χ2n) is 5.30. The van der Waals surface area contributed by atoms with Gasteiger partial charge in [-0.15, -0.1) is 0 Å². The molecule has 0 saturated heterocycles. The van der Waals surface area contributed by atoms with Crippen molar-refractivity contribution >= 4 is 0 Å². The molecule has 0 spiro atoms. The second-order valence-corrected chi connectivity index (χ2v) is 5.30. The molecular formula is C20H27NO. The average molecular weight is 304 g/mol. The molecule has 1 atom stereocenters. The van der Waals surface area contributed by atoms with Gasteiger partial charge in [-0.25, -0.2) is 0 Å². The largest absolute Gasteiger partial charge is 0.496 e. The summed E-state index contributed by atoms with van der Waals surface area (Å²) in [5.41, 5.74) is 2.98. The molecule has 2 aromatic carbocycles. The highest BCUT2D eigenvalue weighted by atomic mass is 16.5. The van der Waals surface area contributed by atoms with E-state index in [1.807, 2.05) is 55.5 Å². The summed E-state index contributed by atoms with van der Waals surface area (Å²) in [6, 6.07) is 12.8. The zero-order chi connectivity index (χ0) is 21.9. The fourth-order valence-electron chi connectivity index (χ4n) is 2.65. The zero-order valence-electron chi connectivity index (χ0n) is 20.0. The molecule has 0 heterocycles. The van der Waals surface area contributed by atoms with Gasteiger partial charge in [0, 0.05) is 27.1 Å². The summed E-state index contributed by atoms with van der Waals surface area (Å²) in [6.07, 6.45) is 0.399. The molecule has 2 aromatic rings. The molecule has 0 amide bonds. The third kappa shape index (κ3) is 4.35. The van der Waals surface area contributed by atoms with Crippen LogP contribution in [0, 0.1) is 6.92 Å². The molecular weight excluding hydrogens is 270 g/mol. The van der Waals surface area contributed by atoms with Gasteiger partial charge >= 0.3 is 0 Å². The van der Waals surface area contributed by atoms with Crippen LogP contribution in [-0.2, 0) is 0 Å². The van der Waals surface area contributed by atoms with E-state index in [1.165, 1.54) is 0 Å². The molecule has 2 rings (SSSR count). The first-order valence-corrected chi connectivity index (χ1v) is 7.35. The maximum atomic E-state index is 8.13. The first-order chi connectivity index (χ1) is 13.4. The Labute approximate surface area is 144 Å². The average Bonchev–Trinajstić information content (AvgIpc) is 2.64. The minimum absolute atomic E-state index is 0.0386. The molecule has 22 heavy (non-hydrogen) atoms. The van der Waals surface area contributed by atoms with Crippen LogP contribution < -0.4 is 10.1 Å². The maximum Gasteiger partial charge on any atom is 0.122 e. The highest BCUT2D eigenvalue weighted by Gasteiger charge is 2.18. The highest BCUT2D eigenvalue weighted by Crippen LogP contribution is 2.34. The molecule has 0 aliphatic carbocycles. The van der Waals surface area contributed by atoms with E-state index >= 15 is 0 Å². The van der Waals surface area contributed by atoms with E-state index in [9.17, 15) is 0 Å².